The number of anilines is 1. The summed E-state index contributed by atoms with van der Waals surface area (Å²) in [5, 5.41) is 5.09. The Balaban J connectivity index is 1.82. The first kappa shape index (κ1) is 25.3. The molecule has 0 aliphatic carbocycles. The van der Waals surface area contributed by atoms with E-state index in [0.717, 1.165) is 12.0 Å². The second-order valence-corrected chi connectivity index (χ2v) is 7.13. The van der Waals surface area contributed by atoms with E-state index in [4.69, 9.17) is 21.7 Å². The molecule has 174 valence electrons. The van der Waals surface area contributed by atoms with Crippen LogP contribution in [0.5, 0.6) is 11.5 Å². The van der Waals surface area contributed by atoms with E-state index in [2.05, 4.69) is 21.5 Å². The predicted molar refractivity (Wildman–Crippen MR) is 130 cm³/mol. The molecule has 2 rings (SSSR count). The summed E-state index contributed by atoms with van der Waals surface area (Å²) in [4.78, 5) is 35.9. The summed E-state index contributed by atoms with van der Waals surface area (Å²) in [6.07, 6.45) is 4.06. The van der Waals surface area contributed by atoms with Crippen LogP contribution in [0.1, 0.15) is 35.7 Å². The minimum Gasteiger partial charge on any atom is -0.493 e. The van der Waals surface area contributed by atoms with Gasteiger partial charge in [-0.2, -0.15) is 0 Å². The lowest BCUT2D eigenvalue weighted by atomic mass is 10.2. The first-order valence-corrected chi connectivity index (χ1v) is 10.5. The second kappa shape index (κ2) is 12.8. The van der Waals surface area contributed by atoms with Gasteiger partial charge in [0.25, 0.3) is 5.91 Å². The van der Waals surface area contributed by atoms with Crippen LogP contribution in [0, 0.1) is 0 Å². The van der Waals surface area contributed by atoms with Crippen molar-refractivity contribution in [1.82, 2.24) is 16.2 Å². The molecule has 0 saturated heterocycles. The Morgan fingerprint density at radius 2 is 1.67 bits per heavy atom. The molecular formula is C23H26N4O5S. The SMILES string of the molecule is CCCC(=O)Nc1ccc(C(=O)NNC(=S)NC(=O)/C=C/c2ccc(OC)c(OC)c2)cc1. The maximum absolute atomic E-state index is 12.2. The van der Waals surface area contributed by atoms with Gasteiger partial charge in [0.15, 0.2) is 16.6 Å². The first-order valence-electron chi connectivity index (χ1n) is 10.1. The monoisotopic (exact) mass is 470 g/mol. The zero-order chi connectivity index (χ0) is 24.2. The van der Waals surface area contributed by atoms with Gasteiger partial charge >= 0.3 is 0 Å². The average Bonchev–Trinajstić information content (AvgIpc) is 2.81. The lowest BCUT2D eigenvalue weighted by molar-refractivity contribution is -0.116. The Hall–Kier alpha value is -3.92. The molecule has 0 atom stereocenters. The molecule has 0 spiro atoms. The van der Waals surface area contributed by atoms with Gasteiger partial charge in [-0.05, 0) is 66.7 Å². The van der Waals surface area contributed by atoms with E-state index in [-0.39, 0.29) is 11.0 Å². The number of carbonyl (C=O) groups excluding carboxylic acids is 3. The van der Waals surface area contributed by atoms with Crippen LogP contribution in [0.15, 0.2) is 48.5 Å². The third-order valence-corrected chi connectivity index (χ3v) is 4.47. The number of hydrazine groups is 1. The van der Waals surface area contributed by atoms with Crippen LogP contribution >= 0.6 is 12.2 Å². The van der Waals surface area contributed by atoms with Crippen LogP contribution in [0.25, 0.3) is 6.08 Å². The predicted octanol–water partition coefficient (Wildman–Crippen LogP) is 2.79. The molecular weight excluding hydrogens is 444 g/mol. The molecule has 0 heterocycles. The average molecular weight is 471 g/mol. The Morgan fingerprint density at radius 1 is 0.970 bits per heavy atom. The highest BCUT2D eigenvalue weighted by Crippen LogP contribution is 2.27. The lowest BCUT2D eigenvalue weighted by Crippen LogP contribution is -2.48. The highest BCUT2D eigenvalue weighted by Gasteiger charge is 2.08. The molecule has 2 aromatic carbocycles. The Bertz CT molecular complexity index is 1040. The number of amides is 3. The van der Waals surface area contributed by atoms with E-state index >= 15 is 0 Å². The normalized spacial score (nSPS) is 10.3. The lowest BCUT2D eigenvalue weighted by Gasteiger charge is -2.10. The van der Waals surface area contributed by atoms with Crippen molar-refractivity contribution >= 4 is 46.8 Å². The molecule has 33 heavy (non-hydrogen) atoms. The number of methoxy groups -OCH3 is 2. The smallest absolute Gasteiger partial charge is 0.269 e. The number of hydrogen-bond acceptors (Lipinski definition) is 6. The Morgan fingerprint density at radius 3 is 2.30 bits per heavy atom. The third-order valence-electron chi connectivity index (χ3n) is 4.27. The maximum atomic E-state index is 12.2. The number of benzene rings is 2. The van der Waals surface area contributed by atoms with Gasteiger partial charge in [-0.3, -0.25) is 30.6 Å². The van der Waals surface area contributed by atoms with Crippen LogP contribution < -0.4 is 31.0 Å². The van der Waals surface area contributed by atoms with E-state index in [1.165, 1.54) is 20.3 Å². The largest absolute Gasteiger partial charge is 0.493 e. The van der Waals surface area contributed by atoms with Gasteiger partial charge in [0.2, 0.25) is 11.8 Å². The minimum absolute atomic E-state index is 0.0752. The van der Waals surface area contributed by atoms with Crippen molar-refractivity contribution in [2.24, 2.45) is 0 Å². The molecule has 4 N–H and O–H groups in total. The van der Waals surface area contributed by atoms with Gasteiger partial charge in [0.1, 0.15) is 0 Å². The van der Waals surface area contributed by atoms with E-state index < -0.39 is 11.8 Å². The molecule has 0 unspecified atom stereocenters. The quantitative estimate of drug-likeness (QED) is 0.266. The van der Waals surface area contributed by atoms with Gasteiger partial charge in [0.05, 0.1) is 14.2 Å². The summed E-state index contributed by atoms with van der Waals surface area (Å²) in [7, 11) is 3.06. The van der Waals surface area contributed by atoms with Crippen molar-refractivity contribution in [3.05, 3.63) is 59.7 Å². The number of rotatable bonds is 8. The number of ether oxygens (including phenoxy) is 2. The van der Waals surface area contributed by atoms with Gasteiger partial charge in [-0.25, -0.2) is 0 Å². The van der Waals surface area contributed by atoms with Gasteiger partial charge in [0, 0.05) is 23.7 Å². The molecule has 0 saturated carbocycles. The molecule has 0 aliphatic rings. The highest BCUT2D eigenvalue weighted by molar-refractivity contribution is 7.80. The van der Waals surface area contributed by atoms with Gasteiger partial charge in [-0.15, -0.1) is 0 Å². The van der Waals surface area contributed by atoms with Crippen molar-refractivity contribution in [3.63, 3.8) is 0 Å². The number of thiocarbonyl (C=S) groups is 1. The number of hydrogen-bond donors (Lipinski definition) is 4. The number of nitrogens with one attached hydrogen (secondary N) is 4. The summed E-state index contributed by atoms with van der Waals surface area (Å²) in [5.74, 6) is 0.0904. The Kier molecular flexibility index (Phi) is 9.84. The fraction of sp³-hybridized carbons (Fsp3) is 0.217. The third kappa shape index (κ3) is 8.26. The fourth-order valence-corrected chi connectivity index (χ4v) is 2.81. The zero-order valence-corrected chi connectivity index (χ0v) is 19.4. The standard InChI is InChI=1S/C23H26N4O5S/c1-4-5-20(28)24-17-10-8-16(9-11-17)22(30)26-27-23(33)25-21(29)13-7-15-6-12-18(31-2)19(14-15)32-3/h6-14H,4-5H2,1-3H3,(H,24,28)(H,26,30)(H2,25,27,29,33)/b13-7+. The molecule has 2 aromatic rings. The Labute approximate surface area is 197 Å². The maximum Gasteiger partial charge on any atom is 0.269 e. The van der Waals surface area contributed by atoms with Crippen LogP contribution in [-0.4, -0.2) is 37.1 Å². The van der Waals surface area contributed by atoms with Crippen molar-refractivity contribution < 1.29 is 23.9 Å². The summed E-state index contributed by atoms with van der Waals surface area (Å²) >= 11 is 5.02. The van der Waals surface area contributed by atoms with E-state index in [1.807, 2.05) is 6.92 Å². The van der Waals surface area contributed by atoms with Crippen LogP contribution in [0.4, 0.5) is 5.69 Å². The summed E-state index contributed by atoms with van der Waals surface area (Å²) in [6.45, 7) is 1.92. The molecule has 0 bridgehead atoms. The molecule has 3 amide bonds. The van der Waals surface area contributed by atoms with Crippen LogP contribution in [-0.2, 0) is 9.59 Å². The molecule has 10 heteroatoms. The molecule has 0 aromatic heterocycles. The van der Waals surface area contributed by atoms with E-state index in [9.17, 15) is 14.4 Å². The fourth-order valence-electron chi connectivity index (χ4n) is 2.65. The molecule has 0 fully saturated rings. The van der Waals surface area contributed by atoms with E-state index in [0.29, 0.717) is 29.2 Å². The first-order chi connectivity index (χ1) is 15.9. The highest BCUT2D eigenvalue weighted by atomic mass is 32.1. The van der Waals surface area contributed by atoms with Gasteiger partial charge < -0.3 is 14.8 Å². The summed E-state index contributed by atoms with van der Waals surface area (Å²) in [5.41, 5.74) is 6.54. The van der Waals surface area contributed by atoms with Crippen LogP contribution in [0.2, 0.25) is 0 Å². The van der Waals surface area contributed by atoms with Gasteiger partial charge in [-0.1, -0.05) is 13.0 Å². The van der Waals surface area contributed by atoms with E-state index in [1.54, 1.807) is 48.5 Å². The second-order valence-electron chi connectivity index (χ2n) is 6.72. The van der Waals surface area contributed by atoms with Crippen molar-refractivity contribution in [1.29, 1.82) is 0 Å². The molecule has 0 aliphatic heterocycles. The summed E-state index contributed by atoms with van der Waals surface area (Å²) in [6, 6.07) is 11.6. The van der Waals surface area contributed by atoms with Crippen molar-refractivity contribution in [2.75, 3.05) is 19.5 Å². The topological polar surface area (TPSA) is 118 Å². The zero-order valence-electron chi connectivity index (χ0n) is 18.6. The van der Waals surface area contributed by atoms with Crippen molar-refractivity contribution in [2.45, 2.75) is 19.8 Å². The molecule has 0 radical (unpaired) electrons. The summed E-state index contributed by atoms with van der Waals surface area (Å²) < 4.78 is 10.4. The minimum atomic E-state index is -0.483. The molecule has 9 nitrogen and oxygen atoms in total. The number of carbonyl (C=O) groups is 3. The van der Waals surface area contributed by atoms with Crippen LogP contribution in [0.3, 0.4) is 0 Å². The van der Waals surface area contributed by atoms with Crippen molar-refractivity contribution in [3.8, 4) is 11.5 Å².